The van der Waals surface area contributed by atoms with Gasteiger partial charge in [-0.05, 0) is 31.4 Å². The molecule has 0 saturated carbocycles. The predicted molar refractivity (Wildman–Crippen MR) is 231 cm³/mol. The maximum Gasteiger partial charge on any atom is 0.196 e. The molecule has 2 rings (SSSR count). The number of hydrogen-bond acceptors (Lipinski definition) is 3. The van der Waals surface area contributed by atoms with E-state index >= 15 is 0 Å². The molecule has 0 aromatic heterocycles. The lowest BCUT2D eigenvalue weighted by atomic mass is 10.00. The molecule has 2 aromatic carbocycles. The Morgan fingerprint density at radius 2 is 0.717 bits per heavy atom. The van der Waals surface area contributed by atoms with Gasteiger partial charge in [-0.25, -0.2) is 0 Å². The molecule has 0 fully saturated rings. The Kier molecular flexibility index (Phi) is 30.3. The van der Waals surface area contributed by atoms with E-state index in [1.165, 1.54) is 193 Å². The molecule has 3 nitrogen and oxygen atoms in total. The number of rotatable bonds is 38. The zero-order valence-corrected chi connectivity index (χ0v) is 35.3. The van der Waals surface area contributed by atoms with E-state index in [0.29, 0.717) is 30.1 Å². The fourth-order valence-electron chi connectivity index (χ4n) is 7.56. The van der Waals surface area contributed by atoms with E-state index in [1.807, 2.05) is 42.5 Å². The molecule has 0 aliphatic carbocycles. The molecular formula is C50H84O3. The summed E-state index contributed by atoms with van der Waals surface area (Å²) in [6.07, 6.45) is 43.3. The number of benzene rings is 2. The molecule has 0 radical (unpaired) electrons. The average Bonchev–Trinajstić information content (AvgIpc) is 3.18. The molecular weight excluding hydrogens is 649 g/mol. The van der Waals surface area contributed by atoms with Crippen LogP contribution in [-0.2, 0) is 0 Å². The van der Waals surface area contributed by atoms with Crippen molar-refractivity contribution >= 4 is 5.78 Å². The molecule has 0 aliphatic rings. The Hall–Kier alpha value is -2.29. The summed E-state index contributed by atoms with van der Waals surface area (Å²) in [4.78, 5) is 13.6. The molecule has 0 spiro atoms. The number of carbonyl (C=O) groups is 1. The van der Waals surface area contributed by atoms with Crippen LogP contribution in [0.5, 0.6) is 11.5 Å². The Morgan fingerprint density at radius 1 is 0.396 bits per heavy atom. The standard InChI is InChI=1S/C50H84O3/c1-4-6-8-10-12-14-16-18-20-22-24-26-28-30-32-37-43-52-49-45(3)41-42-47(48(51)46-39-35-34-36-40-46)50(49)53-44-38-33-31-29-27-25-23-21-19-17-15-13-11-9-7-5-2/h34-36,39-42H,4-33,37-38,43-44H2,1-3H3. The van der Waals surface area contributed by atoms with Gasteiger partial charge >= 0.3 is 0 Å². The van der Waals surface area contributed by atoms with Crippen LogP contribution in [0.4, 0.5) is 0 Å². The Labute approximate surface area is 329 Å². The van der Waals surface area contributed by atoms with Gasteiger partial charge in [-0.1, -0.05) is 243 Å². The molecule has 53 heavy (non-hydrogen) atoms. The van der Waals surface area contributed by atoms with E-state index in [4.69, 9.17) is 9.47 Å². The second kappa shape index (κ2) is 34.2. The van der Waals surface area contributed by atoms with E-state index in [2.05, 4.69) is 20.8 Å². The van der Waals surface area contributed by atoms with Crippen LogP contribution in [0.1, 0.15) is 241 Å². The lowest BCUT2D eigenvalue weighted by molar-refractivity contribution is 0.103. The number of unbranched alkanes of at least 4 members (excludes halogenated alkanes) is 30. The number of ether oxygens (including phenoxy) is 2. The number of carbonyl (C=O) groups excluding carboxylic acids is 1. The maximum atomic E-state index is 13.6. The molecule has 0 heterocycles. The van der Waals surface area contributed by atoms with Gasteiger partial charge in [0.15, 0.2) is 17.3 Å². The third-order valence-electron chi connectivity index (χ3n) is 11.1. The monoisotopic (exact) mass is 733 g/mol. The minimum absolute atomic E-state index is 0.000155. The van der Waals surface area contributed by atoms with Crippen molar-refractivity contribution in [1.29, 1.82) is 0 Å². The molecule has 0 aliphatic heterocycles. The fraction of sp³-hybridized carbons (Fsp3) is 0.740. The largest absolute Gasteiger partial charge is 0.489 e. The SMILES string of the molecule is CCCCCCCCCCCCCCCCCCOc1c(C)ccc(C(=O)c2ccccc2)c1OCCCCCCCCCCCCCCCCCC. The quantitative estimate of drug-likeness (QED) is 0.0509. The average molecular weight is 733 g/mol. The predicted octanol–water partition coefficient (Wildman–Crippen LogP) is 16.5. The maximum absolute atomic E-state index is 13.6. The van der Waals surface area contributed by atoms with Gasteiger partial charge < -0.3 is 9.47 Å². The molecule has 3 heteroatoms. The van der Waals surface area contributed by atoms with Crippen LogP contribution in [0.15, 0.2) is 42.5 Å². The summed E-state index contributed by atoms with van der Waals surface area (Å²) < 4.78 is 12.9. The first kappa shape index (κ1) is 46.9. The second-order valence-electron chi connectivity index (χ2n) is 16.1. The summed E-state index contributed by atoms with van der Waals surface area (Å²) >= 11 is 0. The molecule has 302 valence electrons. The van der Waals surface area contributed by atoms with Crippen LogP contribution >= 0.6 is 0 Å². The first-order valence-electron chi connectivity index (χ1n) is 23.2. The van der Waals surface area contributed by atoms with Crippen LogP contribution < -0.4 is 9.47 Å². The molecule has 0 bridgehead atoms. The molecule has 0 atom stereocenters. The zero-order chi connectivity index (χ0) is 37.9. The normalized spacial score (nSPS) is 11.3. The highest BCUT2D eigenvalue weighted by Gasteiger charge is 2.21. The van der Waals surface area contributed by atoms with Crippen molar-refractivity contribution in [3.05, 3.63) is 59.2 Å². The summed E-state index contributed by atoms with van der Waals surface area (Å²) in [5.74, 6) is 1.39. The first-order valence-corrected chi connectivity index (χ1v) is 23.2. The van der Waals surface area contributed by atoms with Crippen molar-refractivity contribution in [3.63, 3.8) is 0 Å². The minimum atomic E-state index is -0.000155. The lowest BCUT2D eigenvalue weighted by Gasteiger charge is -2.18. The number of aryl methyl sites for hydroxylation is 1. The van der Waals surface area contributed by atoms with E-state index in [1.54, 1.807) is 0 Å². The van der Waals surface area contributed by atoms with Crippen LogP contribution in [-0.4, -0.2) is 19.0 Å². The molecule has 2 aromatic rings. The van der Waals surface area contributed by atoms with Crippen molar-refractivity contribution in [2.24, 2.45) is 0 Å². The molecule has 0 unspecified atom stereocenters. The fourth-order valence-corrected chi connectivity index (χ4v) is 7.56. The summed E-state index contributed by atoms with van der Waals surface area (Å²) in [5, 5.41) is 0. The van der Waals surface area contributed by atoms with Gasteiger partial charge in [-0.3, -0.25) is 4.79 Å². The van der Waals surface area contributed by atoms with Gasteiger partial charge in [-0.15, -0.1) is 0 Å². The van der Waals surface area contributed by atoms with Crippen molar-refractivity contribution in [2.45, 2.75) is 226 Å². The van der Waals surface area contributed by atoms with Crippen LogP contribution in [0, 0.1) is 6.92 Å². The highest BCUT2D eigenvalue weighted by atomic mass is 16.5. The molecule has 0 amide bonds. The van der Waals surface area contributed by atoms with Gasteiger partial charge in [0.25, 0.3) is 0 Å². The van der Waals surface area contributed by atoms with Crippen molar-refractivity contribution in [2.75, 3.05) is 13.2 Å². The third-order valence-corrected chi connectivity index (χ3v) is 11.1. The van der Waals surface area contributed by atoms with Gasteiger partial charge in [0.05, 0.1) is 18.8 Å². The molecule has 0 saturated heterocycles. The summed E-state index contributed by atoms with van der Waals surface area (Å²) in [5.41, 5.74) is 2.33. The number of hydrogen-bond donors (Lipinski definition) is 0. The first-order chi connectivity index (χ1) is 26.2. The van der Waals surface area contributed by atoms with Crippen LogP contribution in [0.25, 0.3) is 0 Å². The van der Waals surface area contributed by atoms with E-state index in [9.17, 15) is 4.79 Å². The Bertz CT molecular complexity index is 1110. The van der Waals surface area contributed by atoms with E-state index in [0.717, 1.165) is 24.2 Å². The van der Waals surface area contributed by atoms with Gasteiger partial charge in [-0.2, -0.15) is 0 Å². The highest BCUT2D eigenvalue weighted by Crippen LogP contribution is 2.37. The topological polar surface area (TPSA) is 35.5 Å². The Morgan fingerprint density at radius 3 is 1.08 bits per heavy atom. The second-order valence-corrected chi connectivity index (χ2v) is 16.1. The van der Waals surface area contributed by atoms with Gasteiger partial charge in [0, 0.05) is 5.56 Å². The smallest absolute Gasteiger partial charge is 0.196 e. The van der Waals surface area contributed by atoms with Crippen molar-refractivity contribution in [3.8, 4) is 11.5 Å². The van der Waals surface area contributed by atoms with Gasteiger partial charge in [0.1, 0.15) is 0 Å². The third kappa shape index (κ3) is 24.0. The van der Waals surface area contributed by atoms with E-state index < -0.39 is 0 Å². The summed E-state index contributed by atoms with van der Waals surface area (Å²) in [7, 11) is 0. The van der Waals surface area contributed by atoms with Gasteiger partial charge in [0.2, 0.25) is 0 Å². The highest BCUT2D eigenvalue weighted by molar-refractivity contribution is 6.11. The summed E-state index contributed by atoms with van der Waals surface area (Å²) in [6, 6.07) is 13.5. The van der Waals surface area contributed by atoms with Crippen molar-refractivity contribution < 1.29 is 14.3 Å². The lowest BCUT2D eigenvalue weighted by Crippen LogP contribution is -2.10. The Balaban J connectivity index is 1.65. The summed E-state index contributed by atoms with van der Waals surface area (Å²) in [6.45, 7) is 7.94. The zero-order valence-electron chi connectivity index (χ0n) is 35.3. The van der Waals surface area contributed by atoms with E-state index in [-0.39, 0.29) is 5.78 Å². The molecule has 0 N–H and O–H groups in total. The van der Waals surface area contributed by atoms with Crippen LogP contribution in [0.2, 0.25) is 0 Å². The van der Waals surface area contributed by atoms with Crippen molar-refractivity contribution in [1.82, 2.24) is 0 Å². The number of ketones is 1. The minimum Gasteiger partial charge on any atom is -0.489 e. The van der Waals surface area contributed by atoms with Crippen LogP contribution in [0.3, 0.4) is 0 Å².